The summed E-state index contributed by atoms with van der Waals surface area (Å²) >= 11 is 0. The normalized spacial score (nSPS) is 10.2. The fourth-order valence-corrected chi connectivity index (χ4v) is 2.55. The highest BCUT2D eigenvalue weighted by molar-refractivity contribution is 6.03. The summed E-state index contributed by atoms with van der Waals surface area (Å²) in [6.07, 6.45) is 0. The first-order valence-electron chi connectivity index (χ1n) is 8.75. The van der Waals surface area contributed by atoms with Crippen LogP contribution in [0.15, 0.2) is 54.6 Å². The van der Waals surface area contributed by atoms with Gasteiger partial charge >= 0.3 is 5.97 Å². The first-order chi connectivity index (χ1) is 14.0. The van der Waals surface area contributed by atoms with Crippen molar-refractivity contribution in [2.75, 3.05) is 24.9 Å². The van der Waals surface area contributed by atoms with Crippen molar-refractivity contribution in [1.82, 2.24) is 9.97 Å². The van der Waals surface area contributed by atoms with Crippen LogP contribution in [-0.2, 0) is 4.74 Å². The van der Waals surface area contributed by atoms with E-state index in [-0.39, 0.29) is 17.5 Å². The largest absolute Gasteiger partial charge is 0.497 e. The van der Waals surface area contributed by atoms with Crippen molar-refractivity contribution in [2.24, 2.45) is 0 Å². The van der Waals surface area contributed by atoms with E-state index in [0.29, 0.717) is 28.4 Å². The number of carbonyl (C=O) groups excluding carboxylic acids is 2. The monoisotopic (exact) mass is 392 g/mol. The van der Waals surface area contributed by atoms with E-state index in [1.54, 1.807) is 68.6 Å². The van der Waals surface area contributed by atoms with E-state index >= 15 is 0 Å². The maximum Gasteiger partial charge on any atom is 0.337 e. The van der Waals surface area contributed by atoms with E-state index in [1.165, 1.54) is 7.11 Å². The molecule has 0 saturated carbocycles. The molecule has 148 valence electrons. The van der Waals surface area contributed by atoms with Gasteiger partial charge in [0, 0.05) is 17.1 Å². The molecule has 0 radical (unpaired) electrons. The fourth-order valence-electron chi connectivity index (χ4n) is 2.55. The summed E-state index contributed by atoms with van der Waals surface area (Å²) in [6, 6.07) is 15.3. The molecule has 8 nitrogen and oxygen atoms in total. The van der Waals surface area contributed by atoms with Gasteiger partial charge in [0.2, 0.25) is 5.95 Å². The minimum atomic E-state index is -0.416. The number of hydrogen-bond acceptors (Lipinski definition) is 7. The summed E-state index contributed by atoms with van der Waals surface area (Å²) in [5.41, 5.74) is 2.59. The van der Waals surface area contributed by atoms with Crippen LogP contribution in [0.5, 0.6) is 5.75 Å². The van der Waals surface area contributed by atoms with Gasteiger partial charge in [0.15, 0.2) is 0 Å². The molecule has 0 aliphatic rings. The molecule has 0 aliphatic carbocycles. The molecule has 1 heterocycles. The van der Waals surface area contributed by atoms with E-state index in [2.05, 4.69) is 25.3 Å². The van der Waals surface area contributed by atoms with Crippen molar-refractivity contribution >= 4 is 29.2 Å². The van der Waals surface area contributed by atoms with Crippen molar-refractivity contribution < 1.29 is 19.1 Å². The van der Waals surface area contributed by atoms with E-state index in [1.807, 2.05) is 0 Å². The molecule has 0 unspecified atom stereocenters. The number of rotatable bonds is 6. The lowest BCUT2D eigenvalue weighted by atomic mass is 10.2. The smallest absolute Gasteiger partial charge is 0.337 e. The molecule has 2 aromatic carbocycles. The maximum absolute atomic E-state index is 12.6. The molecule has 3 rings (SSSR count). The third-order valence-corrected chi connectivity index (χ3v) is 4.00. The minimum Gasteiger partial charge on any atom is -0.497 e. The van der Waals surface area contributed by atoms with Gasteiger partial charge < -0.3 is 20.1 Å². The predicted octanol–water partition coefficient (Wildman–Crippen LogP) is 3.58. The number of aryl methyl sites for hydroxylation is 1. The molecule has 0 atom stereocenters. The second kappa shape index (κ2) is 8.83. The Morgan fingerprint density at radius 3 is 2.17 bits per heavy atom. The van der Waals surface area contributed by atoms with E-state index in [9.17, 15) is 9.59 Å². The zero-order valence-electron chi connectivity index (χ0n) is 16.2. The fraction of sp³-hybridized carbons (Fsp3) is 0.143. The number of aromatic nitrogens is 2. The van der Waals surface area contributed by atoms with Crippen LogP contribution >= 0.6 is 0 Å². The van der Waals surface area contributed by atoms with Crippen molar-refractivity contribution in [3.63, 3.8) is 0 Å². The Labute approximate surface area is 167 Å². The summed E-state index contributed by atoms with van der Waals surface area (Å²) in [5, 5.41) is 5.82. The Morgan fingerprint density at radius 2 is 1.55 bits per heavy atom. The lowest BCUT2D eigenvalue weighted by Gasteiger charge is -2.10. The number of carbonyl (C=O) groups is 2. The first kappa shape index (κ1) is 19.8. The molecule has 1 amide bonds. The second-order valence-electron chi connectivity index (χ2n) is 6.09. The molecule has 3 aromatic rings. The highest BCUT2D eigenvalue weighted by Crippen LogP contribution is 2.18. The van der Waals surface area contributed by atoms with Crippen molar-refractivity contribution in [3.05, 3.63) is 71.5 Å². The number of benzene rings is 2. The van der Waals surface area contributed by atoms with Crippen molar-refractivity contribution in [2.45, 2.75) is 6.92 Å². The third kappa shape index (κ3) is 5.07. The SMILES string of the molecule is COC(=O)c1ccc(Nc2nc(C)cc(C(=O)Nc3ccc(OC)cc3)n2)cc1. The van der Waals surface area contributed by atoms with E-state index < -0.39 is 5.97 Å². The predicted molar refractivity (Wildman–Crippen MR) is 109 cm³/mol. The average molecular weight is 392 g/mol. The summed E-state index contributed by atoms with van der Waals surface area (Å²) < 4.78 is 9.78. The molecule has 8 heteroatoms. The van der Waals surface area contributed by atoms with Gasteiger partial charge in [-0.1, -0.05) is 0 Å². The van der Waals surface area contributed by atoms with Gasteiger partial charge in [0.1, 0.15) is 11.4 Å². The topological polar surface area (TPSA) is 102 Å². The van der Waals surface area contributed by atoms with Crippen LogP contribution in [0.25, 0.3) is 0 Å². The number of nitrogens with zero attached hydrogens (tertiary/aromatic N) is 2. The number of hydrogen-bond donors (Lipinski definition) is 2. The minimum absolute atomic E-state index is 0.224. The third-order valence-electron chi connectivity index (χ3n) is 4.00. The molecule has 0 spiro atoms. The van der Waals surface area contributed by atoms with Gasteiger partial charge in [0.25, 0.3) is 5.91 Å². The summed E-state index contributed by atoms with van der Waals surface area (Å²) in [7, 11) is 2.91. The maximum atomic E-state index is 12.6. The highest BCUT2D eigenvalue weighted by Gasteiger charge is 2.12. The van der Waals surface area contributed by atoms with Gasteiger partial charge in [-0.3, -0.25) is 4.79 Å². The standard InChI is InChI=1S/C21H20N4O4/c1-13-12-18(19(26)23-15-8-10-17(28-2)11-9-15)25-21(22-13)24-16-6-4-14(5-7-16)20(27)29-3/h4-12H,1-3H3,(H,23,26)(H,22,24,25). The number of methoxy groups -OCH3 is 2. The Kier molecular flexibility index (Phi) is 6.03. The Hall–Kier alpha value is -3.94. The number of amides is 1. The van der Waals surface area contributed by atoms with Crippen molar-refractivity contribution in [3.8, 4) is 5.75 Å². The Morgan fingerprint density at radius 1 is 0.897 bits per heavy atom. The number of ether oxygens (including phenoxy) is 2. The molecule has 1 aromatic heterocycles. The average Bonchev–Trinajstić information content (AvgIpc) is 2.74. The van der Waals surface area contributed by atoms with Crippen molar-refractivity contribution in [1.29, 1.82) is 0 Å². The van der Waals surface area contributed by atoms with Crippen LogP contribution in [0, 0.1) is 6.92 Å². The van der Waals surface area contributed by atoms with Crippen LogP contribution in [0.3, 0.4) is 0 Å². The van der Waals surface area contributed by atoms with Crippen LogP contribution in [0.4, 0.5) is 17.3 Å². The molecule has 29 heavy (non-hydrogen) atoms. The first-order valence-corrected chi connectivity index (χ1v) is 8.75. The highest BCUT2D eigenvalue weighted by atomic mass is 16.5. The summed E-state index contributed by atoms with van der Waals surface area (Å²) in [6.45, 7) is 1.78. The zero-order valence-corrected chi connectivity index (χ0v) is 16.2. The van der Waals surface area contributed by atoms with Gasteiger partial charge in [-0.25, -0.2) is 14.8 Å². The molecule has 2 N–H and O–H groups in total. The lowest BCUT2D eigenvalue weighted by Crippen LogP contribution is -2.15. The molecular weight excluding hydrogens is 372 g/mol. The number of nitrogens with one attached hydrogen (secondary N) is 2. The second-order valence-corrected chi connectivity index (χ2v) is 6.09. The summed E-state index contributed by atoms with van der Waals surface area (Å²) in [4.78, 5) is 32.7. The quantitative estimate of drug-likeness (QED) is 0.618. The van der Waals surface area contributed by atoms with E-state index in [4.69, 9.17) is 4.74 Å². The molecule has 0 bridgehead atoms. The Balaban J connectivity index is 1.74. The van der Waals surface area contributed by atoms with Crippen LogP contribution < -0.4 is 15.4 Å². The van der Waals surface area contributed by atoms with Crippen LogP contribution in [0.2, 0.25) is 0 Å². The molecular formula is C21H20N4O4. The lowest BCUT2D eigenvalue weighted by molar-refractivity contribution is 0.0600. The van der Waals surface area contributed by atoms with Gasteiger partial charge in [0.05, 0.1) is 19.8 Å². The van der Waals surface area contributed by atoms with Crippen LogP contribution in [0.1, 0.15) is 26.5 Å². The molecule has 0 saturated heterocycles. The summed E-state index contributed by atoms with van der Waals surface area (Å²) in [5.74, 6) is 0.201. The zero-order chi connectivity index (χ0) is 20.8. The van der Waals surface area contributed by atoms with Gasteiger partial charge in [-0.2, -0.15) is 0 Å². The number of anilines is 3. The number of esters is 1. The molecule has 0 aliphatic heterocycles. The van der Waals surface area contributed by atoms with E-state index in [0.717, 1.165) is 0 Å². The Bertz CT molecular complexity index is 1020. The van der Waals surface area contributed by atoms with Crippen LogP contribution in [-0.4, -0.2) is 36.1 Å². The van der Waals surface area contributed by atoms with Gasteiger partial charge in [-0.05, 0) is 61.5 Å². The molecule has 0 fully saturated rings. The van der Waals surface area contributed by atoms with Gasteiger partial charge in [-0.15, -0.1) is 0 Å².